The summed E-state index contributed by atoms with van der Waals surface area (Å²) in [5.41, 5.74) is 4.46. The number of carbonyl (C=O) groups is 2. The third kappa shape index (κ3) is 8.63. The van der Waals surface area contributed by atoms with Crippen molar-refractivity contribution in [2.24, 2.45) is 4.99 Å². The molecule has 2 heterocycles. The molecule has 13 heteroatoms. The van der Waals surface area contributed by atoms with E-state index >= 15 is 0 Å². The van der Waals surface area contributed by atoms with Gasteiger partial charge in [0, 0.05) is 32.0 Å². The first-order valence-corrected chi connectivity index (χ1v) is 17.2. The normalized spacial score (nSPS) is 14.9. The first kappa shape index (κ1) is 35.9. The Morgan fingerprint density at radius 1 is 1.08 bits per heavy atom. The summed E-state index contributed by atoms with van der Waals surface area (Å²) in [6, 6.07) is 18.3. The second-order valence-electron chi connectivity index (χ2n) is 12.3. The molecule has 3 aromatic carbocycles. The first-order chi connectivity index (χ1) is 23.2. The van der Waals surface area contributed by atoms with Gasteiger partial charge >= 0.3 is 6.18 Å². The largest absolute Gasteiger partial charge is 0.416 e. The van der Waals surface area contributed by atoms with E-state index in [1.165, 1.54) is 41.8 Å². The minimum atomic E-state index is -4.41. The molecular formula is C36H37F3N6O2S2. The number of carbonyl (C=O) groups excluding carboxylic acids is 2. The summed E-state index contributed by atoms with van der Waals surface area (Å²) in [6.45, 7) is 7.70. The zero-order valence-corrected chi connectivity index (χ0v) is 29.5. The van der Waals surface area contributed by atoms with Crippen LogP contribution in [-0.2, 0) is 22.2 Å². The number of aryl methyl sites for hydroxylation is 2. The summed E-state index contributed by atoms with van der Waals surface area (Å²) in [4.78, 5) is 38.3. The van der Waals surface area contributed by atoms with Crippen molar-refractivity contribution in [3.8, 4) is 17.1 Å². The highest BCUT2D eigenvalue weighted by Gasteiger charge is 2.33. The molecule has 1 unspecified atom stereocenters. The number of benzene rings is 3. The van der Waals surface area contributed by atoms with Crippen molar-refractivity contribution in [3.63, 3.8) is 0 Å². The van der Waals surface area contributed by atoms with Crippen LogP contribution in [0.3, 0.4) is 0 Å². The van der Waals surface area contributed by atoms with Gasteiger partial charge in [-0.2, -0.15) is 13.2 Å². The number of amides is 2. The fourth-order valence-electron chi connectivity index (χ4n) is 5.54. The number of halogens is 3. The van der Waals surface area contributed by atoms with Crippen LogP contribution in [0.15, 0.2) is 78.0 Å². The molecular weight excluding hydrogens is 670 g/mol. The van der Waals surface area contributed by atoms with Crippen LogP contribution in [0.25, 0.3) is 17.1 Å². The van der Waals surface area contributed by atoms with Crippen LogP contribution in [0.1, 0.15) is 61.8 Å². The third-order valence-corrected chi connectivity index (χ3v) is 9.60. The molecule has 1 fully saturated rings. The van der Waals surface area contributed by atoms with E-state index in [0.717, 1.165) is 40.1 Å². The lowest BCUT2D eigenvalue weighted by atomic mass is 9.99. The van der Waals surface area contributed by atoms with E-state index in [1.54, 1.807) is 16.8 Å². The summed E-state index contributed by atoms with van der Waals surface area (Å²) in [7, 11) is 1.76. The third-order valence-electron chi connectivity index (χ3n) is 8.42. The fraction of sp³-hybridized carbons (Fsp3) is 0.333. The van der Waals surface area contributed by atoms with Gasteiger partial charge in [-0.15, -0.1) is 5.10 Å². The Labute approximate surface area is 293 Å². The number of thiocarbonyl (C=S) groups is 1. The van der Waals surface area contributed by atoms with Gasteiger partial charge in [0.1, 0.15) is 11.3 Å². The summed E-state index contributed by atoms with van der Waals surface area (Å²) in [6.07, 6.45) is -1.29. The molecule has 8 nitrogen and oxygen atoms in total. The lowest BCUT2D eigenvalue weighted by Crippen LogP contribution is -2.37. The Hall–Kier alpha value is -4.36. The molecule has 0 aliphatic carbocycles. The molecule has 5 rings (SSSR count). The molecule has 0 radical (unpaired) electrons. The predicted octanol–water partition coefficient (Wildman–Crippen LogP) is 8.02. The summed E-state index contributed by atoms with van der Waals surface area (Å²) in [5, 5.41) is 4.99. The number of aromatic nitrogens is 3. The van der Waals surface area contributed by atoms with Crippen molar-refractivity contribution in [1.29, 1.82) is 0 Å². The number of hydrogen-bond acceptors (Lipinski definition) is 6. The molecule has 1 aliphatic rings. The Bertz CT molecular complexity index is 1870. The van der Waals surface area contributed by atoms with Crippen LogP contribution in [0.5, 0.6) is 0 Å². The summed E-state index contributed by atoms with van der Waals surface area (Å²) >= 11 is 7.11. The lowest BCUT2D eigenvalue weighted by Gasteiger charge is -2.27. The number of anilines is 1. The second-order valence-corrected chi connectivity index (χ2v) is 13.7. The molecule has 1 aromatic heterocycles. The molecule has 0 N–H and O–H groups in total. The average Bonchev–Trinajstić information content (AvgIpc) is 3.69. The van der Waals surface area contributed by atoms with E-state index in [4.69, 9.17) is 17.2 Å². The van der Waals surface area contributed by atoms with E-state index in [-0.39, 0.29) is 29.5 Å². The van der Waals surface area contributed by atoms with Crippen molar-refractivity contribution < 1.29 is 22.8 Å². The molecule has 1 aliphatic heterocycles. The predicted molar refractivity (Wildman–Crippen MR) is 192 cm³/mol. The van der Waals surface area contributed by atoms with Crippen LogP contribution in [0.4, 0.5) is 18.9 Å². The lowest BCUT2D eigenvalue weighted by molar-refractivity contribution is -0.137. The topological polar surface area (TPSA) is 83.7 Å². The van der Waals surface area contributed by atoms with Crippen molar-refractivity contribution in [2.75, 3.05) is 17.7 Å². The minimum absolute atomic E-state index is 0.0403. The van der Waals surface area contributed by atoms with Gasteiger partial charge < -0.3 is 4.90 Å². The molecule has 0 saturated carbocycles. The van der Waals surface area contributed by atoms with Crippen LogP contribution in [-0.4, -0.2) is 60.5 Å². The molecule has 2 amide bonds. The highest BCUT2D eigenvalue weighted by Crippen LogP contribution is 2.34. The Kier molecular flexibility index (Phi) is 11.0. The maximum Gasteiger partial charge on any atom is 0.416 e. The fourth-order valence-corrected chi connectivity index (χ4v) is 6.76. The average molecular weight is 707 g/mol. The van der Waals surface area contributed by atoms with Gasteiger partial charge in [0.05, 0.1) is 22.7 Å². The van der Waals surface area contributed by atoms with Crippen LogP contribution < -0.4 is 4.90 Å². The monoisotopic (exact) mass is 706 g/mol. The molecule has 256 valence electrons. The molecule has 0 spiro atoms. The van der Waals surface area contributed by atoms with Crippen LogP contribution in [0.2, 0.25) is 0 Å². The van der Waals surface area contributed by atoms with Gasteiger partial charge in [-0.25, -0.2) is 14.7 Å². The quantitative estimate of drug-likeness (QED) is 0.155. The highest BCUT2D eigenvalue weighted by atomic mass is 32.2. The van der Waals surface area contributed by atoms with Gasteiger partial charge in [-0.1, -0.05) is 74.2 Å². The smallest absolute Gasteiger partial charge is 0.343 e. The highest BCUT2D eigenvalue weighted by molar-refractivity contribution is 8.15. The molecule has 0 bridgehead atoms. The van der Waals surface area contributed by atoms with Gasteiger partial charge in [0.15, 0.2) is 11.0 Å². The number of nitrogens with zero attached hydrogens (tertiary/aromatic N) is 6. The molecule has 49 heavy (non-hydrogen) atoms. The van der Waals surface area contributed by atoms with Crippen molar-refractivity contribution >= 4 is 51.6 Å². The standard InChI is InChI=1S/C36H37F3N6O2S2/c1-22(2)30-17-6-23(3)18-31(30)45-33(47)20-49-35(45)41-32(48)19-29(43(5)24(4)46)14-9-25-7-10-26(11-8-25)34-40-21-44(42-34)28-15-12-27(13-16-28)36(37,38)39/h6-8,10-13,15-18,21-22,29H,9,14,19-20H2,1-5H3. The van der Waals surface area contributed by atoms with E-state index in [2.05, 4.69) is 30.0 Å². The minimum Gasteiger partial charge on any atom is -0.343 e. The van der Waals surface area contributed by atoms with Gasteiger partial charge in [-0.05, 0) is 72.7 Å². The maximum absolute atomic E-state index is 13.0. The van der Waals surface area contributed by atoms with Gasteiger partial charge in [-0.3, -0.25) is 14.5 Å². The number of aliphatic imine (C=N–C) groups is 1. The Balaban J connectivity index is 1.26. The molecule has 4 aromatic rings. The van der Waals surface area contributed by atoms with E-state index in [0.29, 0.717) is 40.9 Å². The number of amidine groups is 1. The second kappa shape index (κ2) is 15.0. The zero-order valence-electron chi connectivity index (χ0n) is 27.9. The number of alkyl halides is 3. The van der Waals surface area contributed by atoms with Crippen LogP contribution in [0, 0.1) is 6.92 Å². The molecule has 1 saturated heterocycles. The van der Waals surface area contributed by atoms with E-state index < -0.39 is 11.7 Å². The number of thioether (sulfide) groups is 1. The van der Waals surface area contributed by atoms with Gasteiger partial charge in [0.2, 0.25) is 11.8 Å². The van der Waals surface area contributed by atoms with Crippen molar-refractivity contribution in [2.45, 2.75) is 65.1 Å². The van der Waals surface area contributed by atoms with E-state index in [1.807, 2.05) is 43.3 Å². The Morgan fingerprint density at radius 2 is 1.78 bits per heavy atom. The van der Waals surface area contributed by atoms with Crippen molar-refractivity contribution in [1.82, 2.24) is 19.7 Å². The van der Waals surface area contributed by atoms with Crippen molar-refractivity contribution in [3.05, 3.63) is 95.3 Å². The first-order valence-electron chi connectivity index (χ1n) is 15.8. The van der Waals surface area contributed by atoms with Gasteiger partial charge in [0.25, 0.3) is 0 Å². The molecule has 1 atom stereocenters. The maximum atomic E-state index is 13.0. The summed E-state index contributed by atoms with van der Waals surface area (Å²) in [5.74, 6) is 0.810. The summed E-state index contributed by atoms with van der Waals surface area (Å²) < 4.78 is 40.2. The number of hydrogen-bond donors (Lipinski definition) is 0. The van der Waals surface area contributed by atoms with E-state index in [9.17, 15) is 22.8 Å². The SMILES string of the molecule is CC(=O)N(C)C(CCc1ccc(-c2ncn(-c3ccc(C(F)(F)F)cc3)n2)cc1)CC(=S)N=C1SCC(=O)N1c1cc(C)ccc1C(C)C. The Morgan fingerprint density at radius 3 is 2.41 bits per heavy atom. The zero-order chi connectivity index (χ0) is 35.5. The van der Waals surface area contributed by atoms with Crippen LogP contribution >= 0.6 is 24.0 Å². The number of rotatable bonds is 10.